The van der Waals surface area contributed by atoms with Crippen molar-refractivity contribution in [2.45, 2.75) is 95.7 Å². The van der Waals surface area contributed by atoms with E-state index in [-0.39, 0.29) is 56.8 Å². The average Bonchev–Trinajstić information content (AvgIpc) is 3.69. The number of benzene rings is 2. The molecule has 0 spiro atoms. The van der Waals surface area contributed by atoms with Gasteiger partial charge in [0.05, 0.1) is 24.1 Å². The van der Waals surface area contributed by atoms with Gasteiger partial charge in [0, 0.05) is 12.3 Å². The van der Waals surface area contributed by atoms with Crippen molar-refractivity contribution in [1.82, 2.24) is 16.0 Å². The summed E-state index contributed by atoms with van der Waals surface area (Å²) in [6, 6.07) is 14.5. The fourth-order valence-corrected chi connectivity index (χ4v) is 6.81. The molecule has 2 aliphatic carbocycles. The van der Waals surface area contributed by atoms with Gasteiger partial charge in [0.2, 0.25) is 11.8 Å². The van der Waals surface area contributed by atoms with E-state index >= 15 is 0 Å². The van der Waals surface area contributed by atoms with Gasteiger partial charge in [-0.2, -0.15) is 0 Å². The summed E-state index contributed by atoms with van der Waals surface area (Å²) >= 11 is 0. The number of fused-ring (bicyclic) bond motifs is 3. The number of aliphatic hydroxyl groups excluding tert-OH is 1. The number of rotatable bonds is 17. The van der Waals surface area contributed by atoms with Crippen LogP contribution >= 0.6 is 0 Å². The van der Waals surface area contributed by atoms with Gasteiger partial charge in [0.1, 0.15) is 19.3 Å². The number of nitrogens with one attached hydrogen (secondary N) is 3. The number of hydrogen-bond acceptors (Lipinski definition) is 7. The molecule has 4 N–H and O–H groups in total. The third-order valence-electron chi connectivity index (χ3n) is 9.86. The molecule has 2 aromatic carbocycles. The molecule has 2 aliphatic rings. The van der Waals surface area contributed by atoms with Crippen molar-refractivity contribution in [2.24, 2.45) is 11.3 Å². The standard InChI is InChI=1S/C40H53N3O7/c1-6-8-20-33(41-38(48)50-24-32-30-18-11-9-16-28(30)29-17-10-12-19-31(29)32)37(47)49-25-34(39(3,4)5)42-36(46)27(15-7-2)23-35(45)43-40(26-44)21-13-14-22-40/h6-7,9-12,16-19,27,32-34,44H,1-2,8,13-15,20-26H2,3-5H3,(H,41,48)(H,42,46)(H,43,45). The smallest absolute Gasteiger partial charge is 0.407 e. The first-order chi connectivity index (χ1) is 23.9. The zero-order valence-corrected chi connectivity index (χ0v) is 29.7. The highest BCUT2D eigenvalue weighted by molar-refractivity contribution is 5.86. The van der Waals surface area contributed by atoms with Crippen LogP contribution in [0.4, 0.5) is 4.79 Å². The quantitative estimate of drug-likeness (QED) is 0.119. The van der Waals surface area contributed by atoms with Gasteiger partial charge in [-0.1, -0.05) is 94.3 Å². The van der Waals surface area contributed by atoms with Crippen LogP contribution in [0, 0.1) is 11.3 Å². The van der Waals surface area contributed by atoms with Gasteiger partial charge in [0.25, 0.3) is 0 Å². The highest BCUT2D eigenvalue weighted by Crippen LogP contribution is 2.44. The Kier molecular flexibility index (Phi) is 13.4. The number of ether oxygens (including phenoxy) is 2. The van der Waals surface area contributed by atoms with E-state index in [0.29, 0.717) is 19.3 Å². The Labute approximate surface area is 296 Å². The van der Waals surface area contributed by atoms with E-state index in [9.17, 15) is 24.3 Å². The Morgan fingerprint density at radius 3 is 2.12 bits per heavy atom. The maximum atomic E-state index is 13.5. The molecule has 50 heavy (non-hydrogen) atoms. The molecule has 4 rings (SSSR count). The largest absolute Gasteiger partial charge is 0.462 e. The molecule has 3 atom stereocenters. The zero-order chi connectivity index (χ0) is 36.3. The minimum Gasteiger partial charge on any atom is -0.462 e. The lowest BCUT2D eigenvalue weighted by molar-refractivity contribution is -0.148. The predicted octanol–water partition coefficient (Wildman–Crippen LogP) is 5.94. The second kappa shape index (κ2) is 17.5. The first-order valence-electron chi connectivity index (χ1n) is 17.6. The number of amides is 3. The first kappa shape index (κ1) is 38.4. The third kappa shape index (κ3) is 9.84. The van der Waals surface area contributed by atoms with Crippen LogP contribution in [-0.4, -0.2) is 66.4 Å². The summed E-state index contributed by atoms with van der Waals surface area (Å²) < 4.78 is 11.4. The molecule has 270 valence electrons. The summed E-state index contributed by atoms with van der Waals surface area (Å²) in [7, 11) is 0. The van der Waals surface area contributed by atoms with E-state index in [1.54, 1.807) is 12.2 Å². The molecule has 0 aromatic heterocycles. The summed E-state index contributed by atoms with van der Waals surface area (Å²) in [6.45, 7) is 13.1. The zero-order valence-electron chi connectivity index (χ0n) is 29.7. The number of carbonyl (C=O) groups excluding carboxylic acids is 4. The highest BCUT2D eigenvalue weighted by atomic mass is 16.6. The molecule has 0 radical (unpaired) electrons. The number of aliphatic hydroxyl groups is 1. The number of allylic oxidation sites excluding steroid dienone is 2. The SMILES string of the molecule is C=CCCC(NC(=O)OCC1c2ccccc2-c2ccccc21)C(=O)OCC(NC(=O)C(CC=C)CC(=O)NC1(CO)CCCC1)C(C)(C)C. The van der Waals surface area contributed by atoms with Crippen molar-refractivity contribution >= 4 is 23.9 Å². The predicted molar refractivity (Wildman–Crippen MR) is 193 cm³/mol. The lowest BCUT2D eigenvalue weighted by atomic mass is 9.86. The van der Waals surface area contributed by atoms with Crippen LogP contribution in [0.25, 0.3) is 11.1 Å². The lowest BCUT2D eigenvalue weighted by Gasteiger charge is -2.33. The van der Waals surface area contributed by atoms with Crippen molar-refractivity contribution in [3.05, 3.63) is 85.0 Å². The van der Waals surface area contributed by atoms with Gasteiger partial charge in [-0.25, -0.2) is 9.59 Å². The maximum Gasteiger partial charge on any atom is 0.407 e. The van der Waals surface area contributed by atoms with Crippen molar-refractivity contribution in [3.8, 4) is 11.1 Å². The van der Waals surface area contributed by atoms with E-state index < -0.39 is 41.0 Å². The molecule has 1 fully saturated rings. The molecule has 0 saturated heterocycles. The molecular weight excluding hydrogens is 634 g/mol. The Morgan fingerprint density at radius 2 is 1.56 bits per heavy atom. The molecule has 0 aliphatic heterocycles. The minimum absolute atomic E-state index is 0.0655. The van der Waals surface area contributed by atoms with E-state index in [2.05, 4.69) is 41.2 Å². The second-order valence-electron chi connectivity index (χ2n) is 14.6. The number of alkyl carbamates (subject to hydrolysis) is 1. The number of hydrogen-bond donors (Lipinski definition) is 4. The number of esters is 1. The minimum atomic E-state index is -0.994. The third-order valence-corrected chi connectivity index (χ3v) is 9.86. The summed E-state index contributed by atoms with van der Waals surface area (Å²) in [5, 5.41) is 18.5. The molecule has 10 heteroatoms. The fraction of sp³-hybridized carbons (Fsp3) is 0.500. The Morgan fingerprint density at radius 1 is 0.940 bits per heavy atom. The summed E-state index contributed by atoms with van der Waals surface area (Å²) in [5.74, 6) is -2.14. The fourth-order valence-electron chi connectivity index (χ4n) is 6.81. The van der Waals surface area contributed by atoms with E-state index in [0.717, 1.165) is 35.1 Å². The lowest BCUT2D eigenvalue weighted by Crippen LogP contribution is -2.52. The molecule has 0 bridgehead atoms. The topological polar surface area (TPSA) is 143 Å². The van der Waals surface area contributed by atoms with Gasteiger partial charge in [-0.3, -0.25) is 9.59 Å². The monoisotopic (exact) mass is 687 g/mol. The van der Waals surface area contributed by atoms with Crippen LogP contribution in [0.1, 0.15) is 89.2 Å². The van der Waals surface area contributed by atoms with Crippen LogP contribution in [-0.2, 0) is 23.9 Å². The van der Waals surface area contributed by atoms with E-state index in [1.807, 2.05) is 57.2 Å². The molecule has 2 aromatic rings. The summed E-state index contributed by atoms with van der Waals surface area (Å²) in [6.07, 6.45) is 6.70. The van der Waals surface area contributed by atoms with Crippen LogP contribution in [0.3, 0.4) is 0 Å². The van der Waals surface area contributed by atoms with Crippen LogP contribution in [0.2, 0.25) is 0 Å². The van der Waals surface area contributed by atoms with Gasteiger partial charge >= 0.3 is 12.1 Å². The Balaban J connectivity index is 1.35. The highest BCUT2D eigenvalue weighted by Gasteiger charge is 2.37. The van der Waals surface area contributed by atoms with Crippen LogP contribution in [0.15, 0.2) is 73.8 Å². The van der Waals surface area contributed by atoms with Crippen molar-refractivity contribution < 1.29 is 33.8 Å². The maximum absolute atomic E-state index is 13.5. The average molecular weight is 688 g/mol. The van der Waals surface area contributed by atoms with E-state index in [4.69, 9.17) is 9.47 Å². The molecule has 3 unspecified atom stereocenters. The molecule has 10 nitrogen and oxygen atoms in total. The van der Waals surface area contributed by atoms with Gasteiger partial charge in [-0.15, -0.1) is 13.2 Å². The summed E-state index contributed by atoms with van der Waals surface area (Å²) in [5.41, 5.74) is 3.24. The second-order valence-corrected chi connectivity index (χ2v) is 14.6. The number of carbonyl (C=O) groups is 4. The normalized spacial score (nSPS) is 16.6. The molecule has 3 amide bonds. The van der Waals surface area contributed by atoms with E-state index in [1.165, 1.54) is 0 Å². The van der Waals surface area contributed by atoms with Gasteiger partial charge < -0.3 is 30.5 Å². The van der Waals surface area contributed by atoms with Gasteiger partial charge in [-0.05, 0) is 59.8 Å². The van der Waals surface area contributed by atoms with Crippen molar-refractivity contribution in [3.63, 3.8) is 0 Å². The molecule has 1 saturated carbocycles. The Hall–Kier alpha value is -4.44. The van der Waals surface area contributed by atoms with Gasteiger partial charge in [0.15, 0.2) is 0 Å². The van der Waals surface area contributed by atoms with Crippen molar-refractivity contribution in [2.75, 3.05) is 19.8 Å². The van der Waals surface area contributed by atoms with Crippen LogP contribution in [0.5, 0.6) is 0 Å². The van der Waals surface area contributed by atoms with Crippen molar-refractivity contribution in [1.29, 1.82) is 0 Å². The molecule has 0 heterocycles. The first-order valence-corrected chi connectivity index (χ1v) is 17.6. The van der Waals surface area contributed by atoms with Crippen LogP contribution < -0.4 is 16.0 Å². The molecular formula is C40H53N3O7. The summed E-state index contributed by atoms with van der Waals surface area (Å²) in [4.78, 5) is 52.9. The Bertz CT molecular complexity index is 1480.